The number of ether oxygens (including phenoxy) is 1. The largest absolute Gasteiger partial charge is 0.487 e. The highest BCUT2D eigenvalue weighted by Gasteiger charge is 2.05. The molecule has 0 fully saturated rings. The van der Waals surface area contributed by atoms with E-state index < -0.39 is 0 Å². The summed E-state index contributed by atoms with van der Waals surface area (Å²) < 4.78 is 18.8. The average molecular weight is 252 g/mol. The zero-order chi connectivity index (χ0) is 12.3. The van der Waals surface area contributed by atoms with E-state index in [0.717, 1.165) is 0 Å². The number of halogens is 2. The van der Waals surface area contributed by atoms with Crippen molar-refractivity contribution >= 4 is 17.3 Å². The van der Waals surface area contributed by atoms with Crippen molar-refractivity contribution in [3.05, 3.63) is 58.9 Å². The number of hydrogen-bond donors (Lipinski definition) is 1. The molecule has 0 radical (unpaired) electrons. The number of anilines is 1. The minimum Gasteiger partial charge on any atom is -0.487 e. The summed E-state index contributed by atoms with van der Waals surface area (Å²) in [5.74, 6) is 0.191. The summed E-state index contributed by atoms with van der Waals surface area (Å²) in [6.07, 6.45) is 0. The van der Waals surface area contributed by atoms with Crippen LogP contribution < -0.4 is 10.5 Å². The van der Waals surface area contributed by atoms with E-state index in [1.165, 1.54) is 18.2 Å². The number of rotatable bonds is 3. The van der Waals surface area contributed by atoms with E-state index >= 15 is 0 Å². The Kier molecular flexibility index (Phi) is 3.49. The topological polar surface area (TPSA) is 35.2 Å². The maximum Gasteiger partial charge on any atom is 0.142 e. The van der Waals surface area contributed by atoms with Crippen LogP contribution in [0.5, 0.6) is 5.75 Å². The second-order valence-corrected chi connectivity index (χ2v) is 4.00. The molecule has 2 aromatic carbocycles. The van der Waals surface area contributed by atoms with Crippen molar-refractivity contribution in [2.45, 2.75) is 6.61 Å². The summed E-state index contributed by atoms with van der Waals surface area (Å²) in [6.45, 7) is 0.0978. The van der Waals surface area contributed by atoms with Gasteiger partial charge in [0.25, 0.3) is 0 Å². The van der Waals surface area contributed by atoms with Crippen LogP contribution in [0.25, 0.3) is 0 Å². The van der Waals surface area contributed by atoms with Crippen LogP contribution in [0.2, 0.25) is 5.02 Å². The molecule has 0 spiro atoms. The number of benzene rings is 2. The van der Waals surface area contributed by atoms with Crippen LogP contribution in [0.3, 0.4) is 0 Å². The molecule has 0 amide bonds. The third-order valence-electron chi connectivity index (χ3n) is 2.31. The summed E-state index contributed by atoms with van der Waals surface area (Å²) in [5, 5.41) is 0.478. The first-order valence-electron chi connectivity index (χ1n) is 5.08. The molecule has 4 heteroatoms. The Labute approximate surface area is 104 Å². The van der Waals surface area contributed by atoms with Gasteiger partial charge >= 0.3 is 0 Å². The predicted molar refractivity (Wildman–Crippen MR) is 66.6 cm³/mol. The fraction of sp³-hybridized carbons (Fsp3) is 0.0769. The van der Waals surface area contributed by atoms with E-state index in [4.69, 9.17) is 22.1 Å². The van der Waals surface area contributed by atoms with Gasteiger partial charge in [0.1, 0.15) is 18.2 Å². The van der Waals surface area contributed by atoms with Crippen molar-refractivity contribution in [3.63, 3.8) is 0 Å². The molecule has 2 nitrogen and oxygen atoms in total. The predicted octanol–water partition coefficient (Wildman–Crippen LogP) is 3.64. The molecule has 0 saturated heterocycles. The van der Waals surface area contributed by atoms with Gasteiger partial charge in [-0.1, -0.05) is 23.7 Å². The fourth-order valence-corrected chi connectivity index (χ4v) is 1.62. The lowest BCUT2D eigenvalue weighted by Gasteiger charge is -2.09. The molecule has 0 aromatic heterocycles. The van der Waals surface area contributed by atoms with Gasteiger partial charge in [-0.15, -0.1) is 0 Å². The Bertz CT molecular complexity index is 531. The Balaban J connectivity index is 2.12. The second-order valence-electron chi connectivity index (χ2n) is 3.56. The summed E-state index contributed by atoms with van der Waals surface area (Å²) in [6, 6.07) is 11.4. The molecular weight excluding hydrogens is 241 g/mol. The molecular formula is C13H11ClFNO. The SMILES string of the molecule is Nc1ccccc1OCc1cc(Cl)ccc1F. The van der Waals surface area contributed by atoms with Crippen LogP contribution in [0.4, 0.5) is 10.1 Å². The van der Waals surface area contributed by atoms with Crippen molar-refractivity contribution in [2.75, 3.05) is 5.73 Å². The smallest absolute Gasteiger partial charge is 0.142 e. The zero-order valence-corrected chi connectivity index (χ0v) is 9.75. The molecule has 0 bridgehead atoms. The maximum atomic E-state index is 13.4. The monoisotopic (exact) mass is 251 g/mol. The van der Waals surface area contributed by atoms with Crippen LogP contribution in [0.1, 0.15) is 5.56 Å². The molecule has 88 valence electrons. The van der Waals surface area contributed by atoms with E-state index in [1.807, 2.05) is 6.07 Å². The van der Waals surface area contributed by atoms with Crippen molar-refractivity contribution in [1.29, 1.82) is 0 Å². The number of hydrogen-bond acceptors (Lipinski definition) is 2. The summed E-state index contributed by atoms with van der Waals surface area (Å²) >= 11 is 5.78. The van der Waals surface area contributed by atoms with Crippen molar-refractivity contribution in [3.8, 4) is 5.75 Å². The van der Waals surface area contributed by atoms with Gasteiger partial charge in [0, 0.05) is 10.6 Å². The van der Waals surface area contributed by atoms with Gasteiger partial charge in [-0.25, -0.2) is 4.39 Å². The Hall–Kier alpha value is -1.74. The fourth-order valence-electron chi connectivity index (χ4n) is 1.42. The first kappa shape index (κ1) is 11.7. The lowest BCUT2D eigenvalue weighted by atomic mass is 10.2. The van der Waals surface area contributed by atoms with Crippen molar-refractivity contribution in [2.24, 2.45) is 0 Å². The van der Waals surface area contributed by atoms with Crippen LogP contribution >= 0.6 is 11.6 Å². The third-order valence-corrected chi connectivity index (χ3v) is 2.55. The average Bonchev–Trinajstić information content (AvgIpc) is 2.32. The number of nitrogen functional groups attached to an aromatic ring is 1. The van der Waals surface area contributed by atoms with Crippen LogP contribution in [0, 0.1) is 5.82 Å². The molecule has 0 atom stereocenters. The standard InChI is InChI=1S/C13H11ClFNO/c14-10-5-6-11(15)9(7-10)8-17-13-4-2-1-3-12(13)16/h1-7H,8,16H2. The molecule has 0 unspecified atom stereocenters. The highest BCUT2D eigenvalue weighted by Crippen LogP contribution is 2.22. The highest BCUT2D eigenvalue weighted by atomic mass is 35.5. The van der Waals surface area contributed by atoms with Gasteiger partial charge in [-0.2, -0.15) is 0 Å². The van der Waals surface area contributed by atoms with Crippen molar-refractivity contribution in [1.82, 2.24) is 0 Å². The van der Waals surface area contributed by atoms with E-state index in [2.05, 4.69) is 0 Å². The first-order chi connectivity index (χ1) is 8.16. The molecule has 0 saturated carbocycles. The minimum atomic E-state index is -0.344. The lowest BCUT2D eigenvalue weighted by Crippen LogP contribution is -2.00. The van der Waals surface area contributed by atoms with Gasteiger partial charge in [0.15, 0.2) is 0 Å². The summed E-state index contributed by atoms with van der Waals surface area (Å²) in [5.41, 5.74) is 6.63. The molecule has 17 heavy (non-hydrogen) atoms. The van der Waals surface area contributed by atoms with Crippen LogP contribution in [-0.2, 0) is 6.61 Å². The summed E-state index contributed by atoms with van der Waals surface area (Å²) in [7, 11) is 0. The van der Waals surface area contributed by atoms with Gasteiger partial charge in [0.05, 0.1) is 5.69 Å². The Morgan fingerprint density at radius 2 is 1.94 bits per heavy atom. The van der Waals surface area contributed by atoms with E-state index in [-0.39, 0.29) is 12.4 Å². The van der Waals surface area contributed by atoms with Gasteiger partial charge in [-0.05, 0) is 30.3 Å². The molecule has 2 N–H and O–H groups in total. The molecule has 0 aliphatic carbocycles. The molecule has 2 rings (SSSR count). The normalized spacial score (nSPS) is 10.2. The van der Waals surface area contributed by atoms with Gasteiger partial charge in [0.2, 0.25) is 0 Å². The molecule has 0 aliphatic rings. The number of para-hydroxylation sites is 2. The first-order valence-corrected chi connectivity index (χ1v) is 5.46. The van der Waals surface area contributed by atoms with E-state index in [0.29, 0.717) is 22.0 Å². The zero-order valence-electron chi connectivity index (χ0n) is 8.99. The quantitative estimate of drug-likeness (QED) is 0.846. The Morgan fingerprint density at radius 3 is 2.71 bits per heavy atom. The van der Waals surface area contributed by atoms with Gasteiger partial charge in [-0.3, -0.25) is 0 Å². The van der Waals surface area contributed by atoms with Gasteiger partial charge < -0.3 is 10.5 Å². The lowest BCUT2D eigenvalue weighted by molar-refractivity contribution is 0.301. The van der Waals surface area contributed by atoms with E-state index in [1.54, 1.807) is 18.2 Å². The highest BCUT2D eigenvalue weighted by molar-refractivity contribution is 6.30. The maximum absolute atomic E-state index is 13.4. The molecule has 2 aromatic rings. The Morgan fingerprint density at radius 1 is 1.18 bits per heavy atom. The van der Waals surface area contributed by atoms with Crippen LogP contribution in [0.15, 0.2) is 42.5 Å². The molecule has 0 heterocycles. The van der Waals surface area contributed by atoms with E-state index in [9.17, 15) is 4.39 Å². The third kappa shape index (κ3) is 2.88. The molecule has 0 aliphatic heterocycles. The van der Waals surface area contributed by atoms with Crippen LogP contribution in [-0.4, -0.2) is 0 Å². The summed E-state index contributed by atoms with van der Waals surface area (Å²) in [4.78, 5) is 0. The minimum absolute atomic E-state index is 0.0978. The second kappa shape index (κ2) is 5.06. The van der Waals surface area contributed by atoms with Crippen molar-refractivity contribution < 1.29 is 9.13 Å². The number of nitrogens with two attached hydrogens (primary N) is 1.